The Morgan fingerprint density at radius 3 is 2.10 bits per heavy atom. The maximum absolute atomic E-state index is 6.60. The molecule has 0 N–H and O–H groups in total. The fourth-order valence-electron chi connectivity index (χ4n) is 8.33. The van der Waals surface area contributed by atoms with Gasteiger partial charge in [0.25, 0.3) is 0 Å². The summed E-state index contributed by atoms with van der Waals surface area (Å²) in [5, 5.41) is 4.13. The van der Waals surface area contributed by atoms with Gasteiger partial charge in [-0.15, -0.1) is 0 Å². The molecule has 2 aliphatic carbocycles. The lowest BCUT2D eigenvalue weighted by atomic mass is 9.80. The standard InChI is InChI=1S/C47H31N3O2/c1-2-12-29(13-3-1)45-48-46(31-23-24-33-30(27-31)22-21-28-11-4-5-14-32(28)33)50-47(49-45)43-35(25-26-41-42(43)38-16-7-9-20-40(38)51-41)37-18-10-17-36-34-15-6-8-19-39(34)52-44(36)37/h1-4,6-13,15-20,23-27H,5,14,21-22H2. The Kier molecular flexibility index (Phi) is 6.44. The average molecular weight is 670 g/mol. The summed E-state index contributed by atoms with van der Waals surface area (Å²) in [7, 11) is 0. The molecule has 3 heterocycles. The predicted octanol–water partition coefficient (Wildman–Crippen LogP) is 12.4. The summed E-state index contributed by atoms with van der Waals surface area (Å²) in [5.41, 5.74) is 13.7. The molecule has 3 aromatic heterocycles. The minimum Gasteiger partial charge on any atom is -0.456 e. The summed E-state index contributed by atoms with van der Waals surface area (Å²) in [5.74, 6) is 1.86. The molecular formula is C47H31N3O2. The van der Waals surface area contributed by atoms with Crippen LogP contribution in [-0.4, -0.2) is 15.0 Å². The Balaban J connectivity index is 1.20. The lowest BCUT2D eigenvalue weighted by Gasteiger charge is -2.24. The fourth-order valence-corrected chi connectivity index (χ4v) is 8.33. The monoisotopic (exact) mass is 669 g/mol. The minimum atomic E-state index is 0.587. The Labute approximate surface area is 299 Å². The van der Waals surface area contributed by atoms with Crippen molar-refractivity contribution in [3.63, 3.8) is 0 Å². The van der Waals surface area contributed by atoms with Crippen LogP contribution in [0.25, 0.3) is 94.7 Å². The third kappa shape index (κ3) is 4.52. The highest BCUT2D eigenvalue weighted by molar-refractivity contribution is 6.17. The molecule has 0 bridgehead atoms. The molecule has 0 aliphatic heterocycles. The van der Waals surface area contributed by atoms with Crippen molar-refractivity contribution in [2.75, 3.05) is 0 Å². The highest BCUT2D eigenvalue weighted by atomic mass is 16.3. The first-order chi connectivity index (χ1) is 25.8. The number of para-hydroxylation sites is 3. The van der Waals surface area contributed by atoms with Crippen LogP contribution < -0.4 is 0 Å². The van der Waals surface area contributed by atoms with Crippen molar-refractivity contribution in [3.05, 3.63) is 156 Å². The van der Waals surface area contributed by atoms with Crippen molar-refractivity contribution in [3.8, 4) is 45.3 Å². The summed E-state index contributed by atoms with van der Waals surface area (Å²) in [6.45, 7) is 0. The first-order valence-corrected chi connectivity index (χ1v) is 18.0. The lowest BCUT2D eigenvalue weighted by Crippen LogP contribution is -2.07. The van der Waals surface area contributed by atoms with Crippen LogP contribution in [0, 0.1) is 0 Å². The third-order valence-corrected chi connectivity index (χ3v) is 10.7. The first-order valence-electron chi connectivity index (χ1n) is 18.0. The second kappa shape index (κ2) is 11.5. The largest absolute Gasteiger partial charge is 0.456 e. The molecule has 9 aromatic rings. The van der Waals surface area contributed by atoms with E-state index in [1.165, 1.54) is 22.3 Å². The van der Waals surface area contributed by atoms with E-state index in [0.29, 0.717) is 17.5 Å². The van der Waals surface area contributed by atoms with Gasteiger partial charge in [-0.1, -0.05) is 109 Å². The number of allylic oxidation sites excluding steroid dienone is 4. The van der Waals surface area contributed by atoms with Gasteiger partial charge in [-0.2, -0.15) is 0 Å². The van der Waals surface area contributed by atoms with E-state index < -0.39 is 0 Å². The third-order valence-electron chi connectivity index (χ3n) is 10.7. The normalized spacial score (nSPS) is 14.1. The first kappa shape index (κ1) is 29.2. The highest BCUT2D eigenvalue weighted by Crippen LogP contribution is 2.46. The molecule has 6 aromatic carbocycles. The minimum absolute atomic E-state index is 0.587. The molecule has 0 spiro atoms. The lowest BCUT2D eigenvalue weighted by molar-refractivity contribution is 0.668. The number of benzene rings is 6. The van der Waals surface area contributed by atoms with E-state index in [9.17, 15) is 0 Å². The van der Waals surface area contributed by atoms with Crippen LogP contribution in [0.4, 0.5) is 0 Å². The topological polar surface area (TPSA) is 65.0 Å². The molecule has 0 saturated carbocycles. The van der Waals surface area contributed by atoms with E-state index in [1.54, 1.807) is 0 Å². The van der Waals surface area contributed by atoms with Crippen molar-refractivity contribution in [1.29, 1.82) is 0 Å². The van der Waals surface area contributed by atoms with E-state index in [4.69, 9.17) is 23.8 Å². The highest BCUT2D eigenvalue weighted by Gasteiger charge is 2.25. The molecule has 11 rings (SSSR count). The van der Waals surface area contributed by atoms with Crippen LogP contribution in [-0.2, 0) is 6.42 Å². The Hall–Kier alpha value is -6.59. The van der Waals surface area contributed by atoms with Crippen LogP contribution >= 0.6 is 0 Å². The molecule has 0 fully saturated rings. The zero-order valence-corrected chi connectivity index (χ0v) is 28.3. The van der Waals surface area contributed by atoms with Gasteiger partial charge in [0.2, 0.25) is 0 Å². The van der Waals surface area contributed by atoms with Gasteiger partial charge in [-0.05, 0) is 83.9 Å². The summed E-state index contributed by atoms with van der Waals surface area (Å²) >= 11 is 0. The van der Waals surface area contributed by atoms with Gasteiger partial charge < -0.3 is 8.83 Å². The number of nitrogens with zero attached hydrogens (tertiary/aromatic N) is 3. The number of furan rings is 2. The maximum Gasteiger partial charge on any atom is 0.165 e. The van der Waals surface area contributed by atoms with Crippen LogP contribution in [0.15, 0.2) is 154 Å². The smallest absolute Gasteiger partial charge is 0.165 e. The zero-order valence-electron chi connectivity index (χ0n) is 28.3. The molecule has 246 valence electrons. The van der Waals surface area contributed by atoms with Crippen LogP contribution in [0.2, 0.25) is 0 Å². The second-order valence-corrected chi connectivity index (χ2v) is 13.7. The summed E-state index contributed by atoms with van der Waals surface area (Å²) in [6.07, 6.45) is 8.88. The fraction of sp³-hybridized carbons (Fsp3) is 0.0851. The van der Waals surface area contributed by atoms with E-state index in [2.05, 4.69) is 97.1 Å². The van der Waals surface area contributed by atoms with Crippen LogP contribution in [0.1, 0.15) is 30.4 Å². The Bertz CT molecular complexity index is 2960. The van der Waals surface area contributed by atoms with Gasteiger partial charge in [-0.25, -0.2) is 15.0 Å². The predicted molar refractivity (Wildman–Crippen MR) is 210 cm³/mol. The van der Waals surface area contributed by atoms with Crippen LogP contribution in [0.5, 0.6) is 0 Å². The summed E-state index contributed by atoms with van der Waals surface area (Å²) in [4.78, 5) is 15.8. The van der Waals surface area contributed by atoms with Crippen molar-refractivity contribution in [1.82, 2.24) is 15.0 Å². The van der Waals surface area contributed by atoms with Gasteiger partial charge in [0.05, 0.1) is 0 Å². The van der Waals surface area contributed by atoms with E-state index in [1.807, 2.05) is 42.5 Å². The molecule has 0 atom stereocenters. The quantitative estimate of drug-likeness (QED) is 0.187. The molecule has 0 amide bonds. The zero-order chi connectivity index (χ0) is 34.2. The average Bonchev–Trinajstić information content (AvgIpc) is 3.79. The molecule has 5 nitrogen and oxygen atoms in total. The number of aromatic nitrogens is 3. The summed E-state index contributed by atoms with van der Waals surface area (Å²) < 4.78 is 13.1. The van der Waals surface area contributed by atoms with Gasteiger partial charge in [0.1, 0.15) is 22.3 Å². The van der Waals surface area contributed by atoms with Crippen molar-refractivity contribution >= 4 is 49.5 Å². The second-order valence-electron chi connectivity index (χ2n) is 13.7. The molecule has 0 radical (unpaired) electrons. The molecule has 52 heavy (non-hydrogen) atoms. The molecule has 5 heteroatoms. The number of hydrogen-bond donors (Lipinski definition) is 0. The van der Waals surface area contributed by atoms with Crippen LogP contribution in [0.3, 0.4) is 0 Å². The van der Waals surface area contributed by atoms with Gasteiger partial charge in [-0.3, -0.25) is 0 Å². The molecule has 0 unspecified atom stereocenters. The molecule has 2 aliphatic rings. The maximum atomic E-state index is 6.60. The number of rotatable bonds is 4. The Morgan fingerprint density at radius 1 is 0.481 bits per heavy atom. The molecular weight excluding hydrogens is 639 g/mol. The SMILES string of the molecule is C1=CC2=C(CC1)c1ccc(-c3nc(-c4ccccc4)nc(-c4c(-c5cccc6c5oc5ccccc56)ccc5oc6ccccc6c45)n3)cc1CC2. The van der Waals surface area contributed by atoms with Crippen molar-refractivity contribution in [2.45, 2.75) is 25.7 Å². The van der Waals surface area contributed by atoms with Crippen molar-refractivity contribution in [2.24, 2.45) is 0 Å². The number of hydrogen-bond acceptors (Lipinski definition) is 5. The molecule has 0 saturated heterocycles. The number of aryl methyl sites for hydroxylation is 1. The van der Waals surface area contributed by atoms with E-state index in [-0.39, 0.29) is 0 Å². The van der Waals surface area contributed by atoms with Gasteiger partial charge >= 0.3 is 0 Å². The Morgan fingerprint density at radius 2 is 1.21 bits per heavy atom. The van der Waals surface area contributed by atoms with E-state index >= 15 is 0 Å². The van der Waals surface area contributed by atoms with Gasteiger partial charge in [0.15, 0.2) is 17.5 Å². The van der Waals surface area contributed by atoms with E-state index in [0.717, 1.165) is 97.4 Å². The summed E-state index contributed by atoms with van der Waals surface area (Å²) in [6, 6.07) is 43.9. The number of fused-ring (bicyclic) bond motifs is 8. The van der Waals surface area contributed by atoms with Crippen molar-refractivity contribution < 1.29 is 8.83 Å². The van der Waals surface area contributed by atoms with Gasteiger partial charge in [0, 0.05) is 43.8 Å².